The van der Waals surface area contributed by atoms with E-state index in [2.05, 4.69) is 66.7 Å². The summed E-state index contributed by atoms with van der Waals surface area (Å²) in [5.41, 5.74) is 0. The zero-order valence-electron chi connectivity index (χ0n) is 20.7. The Bertz CT molecular complexity index is 279. The maximum atomic E-state index is 6.21. The van der Waals surface area contributed by atoms with E-state index >= 15 is 0 Å². The molecule has 0 aromatic rings. The molecule has 0 aromatic heterocycles. The summed E-state index contributed by atoms with van der Waals surface area (Å²) in [6.07, 6.45) is 14.9. The van der Waals surface area contributed by atoms with Crippen molar-refractivity contribution in [1.82, 2.24) is 0 Å². The second kappa shape index (κ2) is 26.4. The predicted octanol–water partition coefficient (Wildman–Crippen LogP) is 9.60. The SMILES string of the molecule is CCCCC(CC)COP(OCC(CC)CCCC)OCC(CC)CCCC.[Cl][Cu]. The summed E-state index contributed by atoms with van der Waals surface area (Å²) in [6, 6.07) is 0. The third-order valence-corrected chi connectivity index (χ3v) is 6.96. The molecule has 0 N–H and O–H groups in total. The van der Waals surface area contributed by atoms with E-state index in [0.717, 1.165) is 19.8 Å². The molecule has 0 aromatic carbocycles. The summed E-state index contributed by atoms with van der Waals surface area (Å²) >= 11 is 3.66. The van der Waals surface area contributed by atoms with Crippen molar-refractivity contribution in [3.05, 3.63) is 0 Å². The summed E-state index contributed by atoms with van der Waals surface area (Å²) in [5.74, 6) is 1.88. The van der Waals surface area contributed by atoms with Gasteiger partial charge in [-0.2, -0.15) is 0 Å². The van der Waals surface area contributed by atoms with E-state index < -0.39 is 8.60 Å². The molecular formula is C24H51ClCuO3P. The fourth-order valence-corrected chi connectivity index (χ4v) is 4.53. The Hall–Kier alpha value is 1.12. The molecule has 0 fully saturated rings. The molecule has 3 unspecified atom stereocenters. The summed E-state index contributed by atoms with van der Waals surface area (Å²) in [6.45, 7) is 15.9. The number of hydrogen-bond acceptors (Lipinski definition) is 3. The van der Waals surface area contributed by atoms with Gasteiger partial charge in [-0.15, -0.1) is 0 Å². The van der Waals surface area contributed by atoms with Crippen molar-refractivity contribution < 1.29 is 28.7 Å². The molecule has 0 heterocycles. The first-order chi connectivity index (χ1) is 14.6. The van der Waals surface area contributed by atoms with Crippen LogP contribution in [0.5, 0.6) is 0 Å². The monoisotopic (exact) mass is 516 g/mol. The Kier molecular flexibility index (Phi) is 29.3. The Labute approximate surface area is 203 Å². The maximum absolute atomic E-state index is 6.21. The fraction of sp³-hybridized carbons (Fsp3) is 1.00. The van der Waals surface area contributed by atoms with Crippen LogP contribution in [0.25, 0.3) is 0 Å². The summed E-state index contributed by atoms with van der Waals surface area (Å²) in [5, 5.41) is 0. The topological polar surface area (TPSA) is 27.7 Å². The Morgan fingerprint density at radius 2 is 0.833 bits per heavy atom. The predicted molar refractivity (Wildman–Crippen MR) is 131 cm³/mol. The third-order valence-electron chi connectivity index (χ3n) is 5.88. The van der Waals surface area contributed by atoms with Gasteiger partial charge in [0.1, 0.15) is 0 Å². The van der Waals surface area contributed by atoms with E-state index in [-0.39, 0.29) is 0 Å². The van der Waals surface area contributed by atoms with E-state index in [0.29, 0.717) is 17.8 Å². The Morgan fingerprint density at radius 3 is 1.03 bits per heavy atom. The van der Waals surface area contributed by atoms with E-state index in [1.54, 1.807) is 0 Å². The number of halogens is 1. The summed E-state index contributed by atoms with van der Waals surface area (Å²) < 4.78 is 18.6. The zero-order chi connectivity index (χ0) is 23.0. The van der Waals surface area contributed by atoms with Gasteiger partial charge in [0.2, 0.25) is 0 Å². The minimum absolute atomic E-state index is 0.626. The first kappa shape index (κ1) is 33.3. The number of rotatable bonds is 21. The van der Waals surface area contributed by atoms with Crippen molar-refractivity contribution in [2.75, 3.05) is 19.8 Å². The van der Waals surface area contributed by atoms with Crippen LogP contribution in [0.15, 0.2) is 0 Å². The molecule has 30 heavy (non-hydrogen) atoms. The van der Waals surface area contributed by atoms with Crippen LogP contribution in [0.4, 0.5) is 0 Å². The van der Waals surface area contributed by atoms with Crippen LogP contribution in [-0.4, -0.2) is 19.8 Å². The molecule has 0 aliphatic rings. The molecule has 0 aliphatic carbocycles. The number of hydrogen-bond donors (Lipinski definition) is 0. The Morgan fingerprint density at radius 1 is 0.567 bits per heavy atom. The van der Waals surface area contributed by atoms with Crippen molar-refractivity contribution in [3.63, 3.8) is 0 Å². The van der Waals surface area contributed by atoms with Gasteiger partial charge >= 0.3 is 33.8 Å². The van der Waals surface area contributed by atoms with Gasteiger partial charge in [-0.25, -0.2) is 0 Å². The van der Waals surface area contributed by atoms with Gasteiger partial charge in [0.15, 0.2) is 0 Å². The molecule has 0 bridgehead atoms. The molecule has 0 spiro atoms. The third kappa shape index (κ3) is 19.8. The van der Waals surface area contributed by atoms with E-state index in [9.17, 15) is 0 Å². The normalized spacial score (nSPS) is 15.2. The molecule has 0 saturated carbocycles. The molecule has 0 amide bonds. The second-order valence-corrected chi connectivity index (χ2v) is 9.58. The molecule has 0 rings (SSSR count). The van der Waals surface area contributed by atoms with Crippen molar-refractivity contribution >= 4 is 18.7 Å². The molecule has 6 heteroatoms. The van der Waals surface area contributed by atoms with Crippen LogP contribution >= 0.6 is 18.7 Å². The van der Waals surface area contributed by atoms with Crippen molar-refractivity contribution in [2.45, 2.75) is 119 Å². The average Bonchev–Trinajstić information content (AvgIpc) is 2.79. The van der Waals surface area contributed by atoms with Gasteiger partial charge in [0, 0.05) is 0 Å². The van der Waals surface area contributed by atoms with Crippen LogP contribution in [0.1, 0.15) is 119 Å². The van der Waals surface area contributed by atoms with Gasteiger partial charge in [0.05, 0.1) is 19.8 Å². The summed E-state index contributed by atoms with van der Waals surface area (Å²) in [7, 11) is 2.98. The molecule has 0 aliphatic heterocycles. The molecule has 0 radical (unpaired) electrons. The van der Waals surface area contributed by atoms with Crippen LogP contribution in [0, 0.1) is 17.8 Å². The van der Waals surface area contributed by atoms with E-state index in [1.165, 1.54) is 77.0 Å². The molecule has 3 atom stereocenters. The van der Waals surface area contributed by atoms with Gasteiger partial charge in [-0.1, -0.05) is 99.3 Å². The van der Waals surface area contributed by atoms with Crippen LogP contribution in [0.2, 0.25) is 0 Å². The quantitative estimate of drug-likeness (QED) is 0.112. The average molecular weight is 518 g/mol. The molecule has 3 nitrogen and oxygen atoms in total. The zero-order valence-corrected chi connectivity index (χ0v) is 23.3. The fourth-order valence-electron chi connectivity index (χ4n) is 3.30. The number of unbranched alkanes of at least 4 members (excludes halogenated alkanes) is 3. The molecule has 0 saturated heterocycles. The van der Waals surface area contributed by atoms with E-state index in [4.69, 9.17) is 13.6 Å². The minimum atomic E-state index is -1.22. The standard InChI is InChI=1S/C24H51O3P.ClH.Cu/c1-7-13-16-22(10-4)19-25-28(26-20-23(11-5)17-14-8-2)27-21-24(12-6)18-15-9-3;;/h22-24H,7-21H2,1-6H3;1H;/q;;+1/p-1. The van der Waals surface area contributed by atoms with Gasteiger partial charge in [0.25, 0.3) is 0 Å². The van der Waals surface area contributed by atoms with Crippen molar-refractivity contribution in [1.29, 1.82) is 0 Å². The van der Waals surface area contributed by atoms with Crippen LogP contribution < -0.4 is 0 Å². The van der Waals surface area contributed by atoms with Gasteiger partial charge < -0.3 is 13.6 Å². The molecule has 188 valence electrons. The second-order valence-electron chi connectivity index (χ2n) is 8.36. The first-order valence-electron chi connectivity index (χ1n) is 12.4. The van der Waals surface area contributed by atoms with Crippen molar-refractivity contribution in [3.8, 4) is 0 Å². The van der Waals surface area contributed by atoms with Crippen LogP contribution in [0.3, 0.4) is 0 Å². The molecular weight excluding hydrogens is 466 g/mol. The van der Waals surface area contributed by atoms with Gasteiger partial charge in [-0.05, 0) is 37.0 Å². The van der Waals surface area contributed by atoms with Crippen molar-refractivity contribution in [2.24, 2.45) is 17.8 Å². The Balaban J connectivity index is 0. The summed E-state index contributed by atoms with van der Waals surface area (Å²) in [4.78, 5) is 0. The van der Waals surface area contributed by atoms with E-state index in [1.807, 2.05) is 0 Å². The first-order valence-corrected chi connectivity index (χ1v) is 14.8. The van der Waals surface area contributed by atoms with Crippen LogP contribution in [-0.2, 0) is 28.7 Å². The van der Waals surface area contributed by atoms with Gasteiger partial charge in [-0.3, -0.25) is 0 Å².